The number of fused-ring (bicyclic) bond motifs is 3. The molecule has 1 aliphatic carbocycles. The molecule has 2 aromatic rings. The Balaban J connectivity index is 1.39. The number of nitrogens with zero attached hydrogens (tertiary/aromatic N) is 1. The SMILES string of the molecule is O=C1c2ccccc2-c2ccc(C(=O)N3CCC4(CC3)OCCO4)cc21. The summed E-state index contributed by atoms with van der Waals surface area (Å²) in [6.45, 7) is 2.46. The first kappa shape index (κ1) is 15.7. The quantitative estimate of drug-likeness (QED) is 0.678. The van der Waals surface area contributed by atoms with Gasteiger partial charge in [0.2, 0.25) is 0 Å². The van der Waals surface area contributed by atoms with E-state index >= 15 is 0 Å². The van der Waals surface area contributed by atoms with Crippen molar-refractivity contribution < 1.29 is 19.1 Å². The van der Waals surface area contributed by atoms with Crippen LogP contribution in [0.5, 0.6) is 0 Å². The highest BCUT2D eigenvalue weighted by Gasteiger charge is 2.41. The second-order valence-corrected chi connectivity index (χ2v) is 7.03. The number of ether oxygens (including phenoxy) is 2. The number of hydrogen-bond acceptors (Lipinski definition) is 4. The molecule has 0 aromatic heterocycles. The number of amides is 1. The summed E-state index contributed by atoms with van der Waals surface area (Å²) >= 11 is 0. The van der Waals surface area contributed by atoms with Gasteiger partial charge in [-0.15, -0.1) is 0 Å². The molecule has 2 aromatic carbocycles. The largest absolute Gasteiger partial charge is 0.347 e. The Labute approximate surface area is 151 Å². The third-order valence-electron chi connectivity index (χ3n) is 5.60. The Morgan fingerprint density at radius 1 is 0.885 bits per heavy atom. The molecule has 2 fully saturated rings. The lowest BCUT2D eigenvalue weighted by Gasteiger charge is -2.37. The van der Waals surface area contributed by atoms with Crippen LogP contribution in [0.2, 0.25) is 0 Å². The highest BCUT2D eigenvalue weighted by atomic mass is 16.7. The van der Waals surface area contributed by atoms with Crippen molar-refractivity contribution in [2.75, 3.05) is 26.3 Å². The molecule has 0 N–H and O–H groups in total. The summed E-state index contributed by atoms with van der Waals surface area (Å²) in [4.78, 5) is 27.4. The monoisotopic (exact) mass is 349 g/mol. The number of carbonyl (C=O) groups is 2. The summed E-state index contributed by atoms with van der Waals surface area (Å²) in [6.07, 6.45) is 1.38. The number of rotatable bonds is 1. The van der Waals surface area contributed by atoms with Gasteiger partial charge in [-0.3, -0.25) is 9.59 Å². The Morgan fingerprint density at radius 3 is 2.27 bits per heavy atom. The van der Waals surface area contributed by atoms with E-state index in [-0.39, 0.29) is 11.7 Å². The maximum atomic E-state index is 12.9. The summed E-state index contributed by atoms with van der Waals surface area (Å²) in [5, 5.41) is 0. The highest BCUT2D eigenvalue weighted by Crippen LogP contribution is 2.37. The van der Waals surface area contributed by atoms with Crippen LogP contribution in [0.4, 0.5) is 0 Å². The van der Waals surface area contributed by atoms with Crippen LogP contribution >= 0.6 is 0 Å². The first-order valence-electron chi connectivity index (χ1n) is 9.02. The van der Waals surface area contributed by atoms with Crippen LogP contribution in [-0.4, -0.2) is 48.7 Å². The second-order valence-electron chi connectivity index (χ2n) is 7.03. The molecule has 2 aliphatic heterocycles. The molecule has 0 bridgehead atoms. The normalized spacial score (nSPS) is 20.3. The van der Waals surface area contributed by atoms with Crippen LogP contribution in [0.25, 0.3) is 11.1 Å². The molecule has 1 spiro atoms. The van der Waals surface area contributed by atoms with Gasteiger partial charge in [0.25, 0.3) is 5.91 Å². The van der Waals surface area contributed by atoms with E-state index in [2.05, 4.69) is 0 Å². The van der Waals surface area contributed by atoms with Crippen molar-refractivity contribution in [2.24, 2.45) is 0 Å². The highest BCUT2D eigenvalue weighted by molar-refractivity contribution is 6.22. The number of hydrogen-bond donors (Lipinski definition) is 0. The van der Waals surface area contributed by atoms with Gasteiger partial charge in [-0.1, -0.05) is 30.3 Å². The standard InChI is InChI=1S/C21H19NO4/c23-19-17-4-2-1-3-15(17)16-6-5-14(13-18(16)19)20(24)22-9-7-21(8-10-22)25-11-12-26-21/h1-6,13H,7-12H2. The molecule has 5 nitrogen and oxygen atoms in total. The molecule has 132 valence electrons. The minimum Gasteiger partial charge on any atom is -0.347 e. The minimum absolute atomic E-state index is 0.00407. The average Bonchev–Trinajstić information content (AvgIpc) is 3.25. The van der Waals surface area contributed by atoms with Crippen molar-refractivity contribution in [3.05, 3.63) is 59.2 Å². The molecule has 0 saturated carbocycles. The Kier molecular flexibility index (Phi) is 3.48. The van der Waals surface area contributed by atoms with Crippen molar-refractivity contribution >= 4 is 11.7 Å². The summed E-state index contributed by atoms with van der Waals surface area (Å²) in [5.74, 6) is -0.535. The number of likely N-dealkylation sites (tertiary alicyclic amines) is 1. The number of benzene rings is 2. The van der Waals surface area contributed by atoms with Gasteiger partial charge in [-0.2, -0.15) is 0 Å². The summed E-state index contributed by atoms with van der Waals surface area (Å²) in [6, 6.07) is 13.0. The lowest BCUT2D eigenvalue weighted by atomic mass is 10.0. The van der Waals surface area contributed by atoms with Crippen LogP contribution < -0.4 is 0 Å². The lowest BCUT2D eigenvalue weighted by Crippen LogP contribution is -2.47. The predicted molar refractivity (Wildman–Crippen MR) is 95.1 cm³/mol. The topological polar surface area (TPSA) is 55.8 Å². The molecule has 0 radical (unpaired) electrons. The number of ketones is 1. The zero-order valence-electron chi connectivity index (χ0n) is 14.4. The molecule has 5 rings (SSSR count). The van der Waals surface area contributed by atoms with Crippen molar-refractivity contribution in [2.45, 2.75) is 18.6 Å². The maximum Gasteiger partial charge on any atom is 0.253 e. The van der Waals surface area contributed by atoms with Crippen molar-refractivity contribution in [3.63, 3.8) is 0 Å². The Bertz CT molecular complexity index is 904. The van der Waals surface area contributed by atoms with E-state index in [0.717, 1.165) is 11.1 Å². The second kappa shape index (κ2) is 5.76. The molecular weight excluding hydrogens is 330 g/mol. The molecule has 0 atom stereocenters. The van der Waals surface area contributed by atoms with Gasteiger partial charge >= 0.3 is 0 Å². The third-order valence-corrected chi connectivity index (χ3v) is 5.60. The van der Waals surface area contributed by atoms with Gasteiger partial charge < -0.3 is 14.4 Å². The van der Waals surface area contributed by atoms with E-state index in [1.807, 2.05) is 41.3 Å². The molecule has 5 heteroatoms. The fourth-order valence-corrected chi connectivity index (χ4v) is 4.18. The van der Waals surface area contributed by atoms with E-state index in [0.29, 0.717) is 55.8 Å². The van der Waals surface area contributed by atoms with Gasteiger partial charge in [-0.05, 0) is 23.3 Å². The fourth-order valence-electron chi connectivity index (χ4n) is 4.18. The first-order chi connectivity index (χ1) is 12.7. The minimum atomic E-state index is -0.494. The van der Waals surface area contributed by atoms with Crippen molar-refractivity contribution in [3.8, 4) is 11.1 Å². The van der Waals surface area contributed by atoms with Crippen LogP contribution in [0.15, 0.2) is 42.5 Å². The van der Waals surface area contributed by atoms with Gasteiger partial charge in [0.15, 0.2) is 11.6 Å². The molecule has 1 amide bonds. The van der Waals surface area contributed by atoms with Crippen molar-refractivity contribution in [1.82, 2.24) is 4.90 Å². The molecule has 2 saturated heterocycles. The maximum absolute atomic E-state index is 12.9. The average molecular weight is 349 g/mol. The fraction of sp³-hybridized carbons (Fsp3) is 0.333. The summed E-state index contributed by atoms with van der Waals surface area (Å²) in [7, 11) is 0. The van der Waals surface area contributed by atoms with Gasteiger partial charge in [0, 0.05) is 42.6 Å². The van der Waals surface area contributed by atoms with Crippen molar-refractivity contribution in [1.29, 1.82) is 0 Å². The molecule has 0 unspecified atom stereocenters. The molecule has 2 heterocycles. The van der Waals surface area contributed by atoms with Gasteiger partial charge in [0.1, 0.15) is 0 Å². The Morgan fingerprint density at radius 2 is 1.54 bits per heavy atom. The zero-order valence-corrected chi connectivity index (χ0v) is 14.4. The van der Waals surface area contributed by atoms with Crippen LogP contribution in [0.1, 0.15) is 39.1 Å². The van der Waals surface area contributed by atoms with Crippen LogP contribution in [0, 0.1) is 0 Å². The predicted octanol–water partition coefficient (Wildman–Crippen LogP) is 2.88. The van der Waals surface area contributed by atoms with E-state index < -0.39 is 5.79 Å². The summed E-state index contributed by atoms with van der Waals surface area (Å²) in [5.41, 5.74) is 3.75. The molecule has 3 aliphatic rings. The smallest absolute Gasteiger partial charge is 0.253 e. The lowest BCUT2D eigenvalue weighted by molar-refractivity contribution is -0.181. The van der Waals surface area contributed by atoms with E-state index in [9.17, 15) is 9.59 Å². The van der Waals surface area contributed by atoms with Gasteiger partial charge in [-0.25, -0.2) is 0 Å². The van der Waals surface area contributed by atoms with E-state index in [1.54, 1.807) is 6.07 Å². The van der Waals surface area contributed by atoms with Gasteiger partial charge in [0.05, 0.1) is 13.2 Å². The van der Waals surface area contributed by atoms with Crippen LogP contribution in [0.3, 0.4) is 0 Å². The first-order valence-corrected chi connectivity index (χ1v) is 9.02. The zero-order chi connectivity index (χ0) is 17.7. The number of carbonyl (C=O) groups excluding carboxylic acids is 2. The third kappa shape index (κ3) is 2.31. The molecule has 26 heavy (non-hydrogen) atoms. The Hall–Kier alpha value is -2.50. The van der Waals surface area contributed by atoms with E-state index in [1.165, 1.54) is 0 Å². The van der Waals surface area contributed by atoms with Crippen LogP contribution in [-0.2, 0) is 9.47 Å². The van der Waals surface area contributed by atoms with E-state index in [4.69, 9.17) is 9.47 Å². The number of piperidine rings is 1. The summed E-state index contributed by atoms with van der Waals surface area (Å²) < 4.78 is 11.4. The molecular formula is C21H19NO4.